The second kappa shape index (κ2) is 6.42. The van der Waals surface area contributed by atoms with Gasteiger partial charge in [-0.05, 0) is 26.0 Å². The summed E-state index contributed by atoms with van der Waals surface area (Å²) in [6.07, 6.45) is -0.998. The Morgan fingerprint density at radius 2 is 2.12 bits per heavy atom. The van der Waals surface area contributed by atoms with Crippen LogP contribution in [0.3, 0.4) is 0 Å². The van der Waals surface area contributed by atoms with Crippen molar-refractivity contribution in [2.24, 2.45) is 0 Å². The molecule has 1 atom stereocenters. The number of anilines is 1. The second-order valence-electron chi connectivity index (χ2n) is 4.00. The van der Waals surface area contributed by atoms with Gasteiger partial charge in [-0.1, -0.05) is 6.07 Å². The van der Waals surface area contributed by atoms with Gasteiger partial charge in [0.1, 0.15) is 17.3 Å². The summed E-state index contributed by atoms with van der Waals surface area (Å²) in [6.45, 7) is 3.38. The molecular formula is C12H18FNO3. The summed E-state index contributed by atoms with van der Waals surface area (Å²) in [5, 5.41) is 20.6. The molecule has 0 fully saturated rings. The van der Waals surface area contributed by atoms with Crippen LogP contribution in [0.15, 0.2) is 18.2 Å². The SMILES string of the molecule is CC(C)Oc1cccc(F)c1NCC(O)CO. The molecule has 0 aliphatic carbocycles. The van der Waals surface area contributed by atoms with Gasteiger partial charge in [0.2, 0.25) is 0 Å². The van der Waals surface area contributed by atoms with E-state index in [-0.39, 0.29) is 24.9 Å². The van der Waals surface area contributed by atoms with Crippen molar-refractivity contribution < 1.29 is 19.3 Å². The van der Waals surface area contributed by atoms with Gasteiger partial charge < -0.3 is 20.3 Å². The van der Waals surface area contributed by atoms with Crippen molar-refractivity contribution in [3.05, 3.63) is 24.0 Å². The minimum absolute atomic E-state index is 0.0614. The molecule has 3 N–H and O–H groups in total. The Morgan fingerprint density at radius 3 is 2.71 bits per heavy atom. The molecule has 17 heavy (non-hydrogen) atoms. The first-order chi connectivity index (χ1) is 8.04. The van der Waals surface area contributed by atoms with E-state index >= 15 is 0 Å². The quantitative estimate of drug-likeness (QED) is 0.706. The molecule has 0 aromatic heterocycles. The molecule has 1 aromatic carbocycles. The molecule has 96 valence electrons. The zero-order valence-electron chi connectivity index (χ0n) is 9.98. The first-order valence-electron chi connectivity index (χ1n) is 5.52. The molecule has 4 nitrogen and oxygen atoms in total. The van der Waals surface area contributed by atoms with Gasteiger partial charge in [-0.15, -0.1) is 0 Å². The lowest BCUT2D eigenvalue weighted by molar-refractivity contribution is 0.105. The third-order valence-corrected chi connectivity index (χ3v) is 2.06. The number of para-hydroxylation sites is 1. The van der Waals surface area contributed by atoms with Gasteiger partial charge in [-0.25, -0.2) is 4.39 Å². The lowest BCUT2D eigenvalue weighted by atomic mass is 10.2. The Bertz CT molecular complexity index is 358. The molecule has 1 rings (SSSR count). The number of ether oxygens (including phenoxy) is 1. The summed E-state index contributed by atoms with van der Waals surface area (Å²) >= 11 is 0. The fourth-order valence-corrected chi connectivity index (χ4v) is 1.31. The van der Waals surface area contributed by atoms with Crippen LogP contribution in [-0.4, -0.2) is 35.6 Å². The minimum atomic E-state index is -0.929. The van der Waals surface area contributed by atoms with Gasteiger partial charge in [0.15, 0.2) is 0 Å². The smallest absolute Gasteiger partial charge is 0.150 e. The van der Waals surface area contributed by atoms with Gasteiger partial charge in [0.05, 0.1) is 18.8 Å². The summed E-state index contributed by atoms with van der Waals surface area (Å²) in [5.74, 6) is -0.0570. The van der Waals surface area contributed by atoms with Gasteiger partial charge in [0.25, 0.3) is 0 Å². The van der Waals surface area contributed by atoms with E-state index in [0.717, 1.165) is 0 Å². The molecular weight excluding hydrogens is 225 g/mol. The van der Waals surface area contributed by atoms with Crippen molar-refractivity contribution in [1.82, 2.24) is 0 Å². The van der Waals surface area contributed by atoms with Gasteiger partial charge in [-0.3, -0.25) is 0 Å². The van der Waals surface area contributed by atoms with Crippen LogP contribution in [0.25, 0.3) is 0 Å². The van der Waals surface area contributed by atoms with E-state index in [1.54, 1.807) is 12.1 Å². The number of hydrogen-bond acceptors (Lipinski definition) is 4. The third kappa shape index (κ3) is 4.20. The molecule has 0 bridgehead atoms. The van der Waals surface area contributed by atoms with E-state index in [0.29, 0.717) is 5.75 Å². The van der Waals surface area contributed by atoms with E-state index in [4.69, 9.17) is 9.84 Å². The molecule has 0 saturated heterocycles. The lowest BCUT2D eigenvalue weighted by Crippen LogP contribution is -2.23. The Hall–Kier alpha value is -1.33. The van der Waals surface area contributed by atoms with Crippen molar-refractivity contribution in [3.8, 4) is 5.75 Å². The number of hydrogen-bond donors (Lipinski definition) is 3. The molecule has 0 heterocycles. The van der Waals surface area contributed by atoms with Crippen LogP contribution in [0.1, 0.15) is 13.8 Å². The number of rotatable bonds is 6. The van der Waals surface area contributed by atoms with Gasteiger partial charge >= 0.3 is 0 Å². The highest BCUT2D eigenvalue weighted by Crippen LogP contribution is 2.28. The average Bonchev–Trinajstić information content (AvgIpc) is 2.27. The summed E-state index contributed by atoms with van der Waals surface area (Å²) < 4.78 is 19.0. The van der Waals surface area contributed by atoms with Crippen LogP contribution in [0, 0.1) is 5.82 Å². The summed E-state index contributed by atoms with van der Waals surface area (Å²) in [6, 6.07) is 4.51. The van der Waals surface area contributed by atoms with Crippen LogP contribution in [0.4, 0.5) is 10.1 Å². The molecule has 1 aromatic rings. The van der Waals surface area contributed by atoms with Crippen LogP contribution >= 0.6 is 0 Å². The average molecular weight is 243 g/mol. The summed E-state index contributed by atoms with van der Waals surface area (Å²) in [7, 11) is 0. The van der Waals surface area contributed by atoms with E-state index in [2.05, 4.69) is 5.32 Å². The van der Waals surface area contributed by atoms with E-state index in [9.17, 15) is 9.50 Å². The minimum Gasteiger partial charge on any atom is -0.489 e. The summed E-state index contributed by atoms with van der Waals surface area (Å²) in [4.78, 5) is 0. The van der Waals surface area contributed by atoms with Crippen molar-refractivity contribution >= 4 is 5.69 Å². The Balaban J connectivity index is 2.80. The van der Waals surface area contributed by atoms with Gasteiger partial charge in [-0.2, -0.15) is 0 Å². The predicted octanol–water partition coefficient (Wildman–Crippen LogP) is 1.38. The largest absolute Gasteiger partial charge is 0.489 e. The van der Waals surface area contributed by atoms with Crippen molar-refractivity contribution in [1.29, 1.82) is 0 Å². The van der Waals surface area contributed by atoms with Crippen molar-refractivity contribution in [2.75, 3.05) is 18.5 Å². The monoisotopic (exact) mass is 243 g/mol. The lowest BCUT2D eigenvalue weighted by Gasteiger charge is -2.17. The standard InChI is InChI=1S/C12H18FNO3/c1-8(2)17-11-5-3-4-10(13)12(11)14-6-9(16)7-15/h3-5,8-9,14-16H,6-7H2,1-2H3. The number of nitrogens with one attached hydrogen (secondary N) is 1. The number of halogens is 1. The normalized spacial score (nSPS) is 12.6. The third-order valence-electron chi connectivity index (χ3n) is 2.06. The number of aliphatic hydroxyl groups excluding tert-OH is 2. The van der Waals surface area contributed by atoms with Crippen molar-refractivity contribution in [2.45, 2.75) is 26.1 Å². The summed E-state index contributed by atoms with van der Waals surface area (Å²) in [5.41, 5.74) is 0.202. The van der Waals surface area contributed by atoms with E-state index in [1.165, 1.54) is 6.07 Å². The number of benzene rings is 1. The predicted molar refractivity (Wildman–Crippen MR) is 63.7 cm³/mol. The zero-order chi connectivity index (χ0) is 12.8. The Kier molecular flexibility index (Phi) is 5.18. The maximum Gasteiger partial charge on any atom is 0.150 e. The van der Waals surface area contributed by atoms with Crippen LogP contribution in [-0.2, 0) is 0 Å². The molecule has 0 amide bonds. The highest BCUT2D eigenvalue weighted by molar-refractivity contribution is 5.57. The molecule has 0 aliphatic heterocycles. The maximum absolute atomic E-state index is 13.6. The second-order valence-corrected chi connectivity index (χ2v) is 4.00. The molecule has 0 aliphatic rings. The fraction of sp³-hybridized carbons (Fsp3) is 0.500. The maximum atomic E-state index is 13.6. The molecule has 0 spiro atoms. The van der Waals surface area contributed by atoms with E-state index < -0.39 is 11.9 Å². The molecule has 0 radical (unpaired) electrons. The first kappa shape index (κ1) is 13.7. The highest BCUT2D eigenvalue weighted by Gasteiger charge is 2.12. The Morgan fingerprint density at radius 1 is 1.41 bits per heavy atom. The van der Waals surface area contributed by atoms with Crippen molar-refractivity contribution in [3.63, 3.8) is 0 Å². The fourth-order valence-electron chi connectivity index (χ4n) is 1.31. The van der Waals surface area contributed by atoms with Gasteiger partial charge in [0, 0.05) is 6.54 Å². The van der Waals surface area contributed by atoms with Crippen LogP contribution < -0.4 is 10.1 Å². The first-order valence-corrected chi connectivity index (χ1v) is 5.52. The molecule has 0 saturated carbocycles. The zero-order valence-corrected chi connectivity index (χ0v) is 9.98. The highest BCUT2D eigenvalue weighted by atomic mass is 19.1. The topological polar surface area (TPSA) is 61.7 Å². The van der Waals surface area contributed by atoms with Crippen LogP contribution in [0.2, 0.25) is 0 Å². The van der Waals surface area contributed by atoms with E-state index in [1.807, 2.05) is 13.8 Å². The Labute approximate surface area is 100 Å². The van der Waals surface area contributed by atoms with Crippen LogP contribution in [0.5, 0.6) is 5.75 Å². The molecule has 5 heteroatoms. The molecule has 1 unspecified atom stereocenters. The number of aliphatic hydroxyl groups is 2.